The number of rotatable bonds is 1. The molecule has 5 nitrogen and oxygen atoms in total. The van der Waals surface area contributed by atoms with Crippen LogP contribution in [0.1, 0.15) is 31.4 Å². The number of hydrogen-bond acceptors (Lipinski definition) is 4. The molecule has 1 saturated carbocycles. The van der Waals surface area contributed by atoms with E-state index < -0.39 is 5.41 Å². The lowest BCUT2D eigenvalue weighted by Crippen LogP contribution is -2.52. The number of nitrogens with zero attached hydrogens (tertiary/aromatic N) is 2. The smallest absolute Gasteiger partial charge is 0.239 e. The summed E-state index contributed by atoms with van der Waals surface area (Å²) in [4.78, 5) is 30.8. The number of halogens is 1. The Balaban J connectivity index is 1.82. The zero-order valence-corrected chi connectivity index (χ0v) is 13.1. The quantitative estimate of drug-likeness (QED) is 0.726. The molecule has 1 spiro atoms. The molecule has 1 saturated heterocycles. The van der Waals surface area contributed by atoms with E-state index in [1.807, 2.05) is 17.0 Å². The first-order chi connectivity index (χ1) is 10.1. The van der Waals surface area contributed by atoms with Crippen LogP contribution in [0.4, 0.5) is 5.69 Å². The van der Waals surface area contributed by atoms with Crippen molar-refractivity contribution in [1.82, 2.24) is 4.98 Å². The zero-order valence-electron chi connectivity index (χ0n) is 11.5. The van der Waals surface area contributed by atoms with Crippen LogP contribution in [0.25, 0.3) is 0 Å². The third kappa shape index (κ3) is 1.82. The molecular weight excluding hydrogens is 336 g/mol. The van der Waals surface area contributed by atoms with Gasteiger partial charge >= 0.3 is 0 Å². The monoisotopic (exact) mass is 350 g/mol. The second kappa shape index (κ2) is 4.61. The number of carbonyl (C=O) groups is 2. The minimum atomic E-state index is -0.560. The summed E-state index contributed by atoms with van der Waals surface area (Å²) in [5.41, 5.74) is 1.17. The van der Waals surface area contributed by atoms with Gasteiger partial charge in [0.25, 0.3) is 0 Å². The van der Waals surface area contributed by atoms with Crippen molar-refractivity contribution in [2.45, 2.75) is 37.1 Å². The van der Waals surface area contributed by atoms with E-state index in [9.17, 15) is 9.59 Å². The number of fused-ring (bicyclic) bond motifs is 2. The van der Waals surface area contributed by atoms with Crippen LogP contribution in [0.3, 0.4) is 0 Å². The molecule has 3 heterocycles. The summed E-state index contributed by atoms with van der Waals surface area (Å²) in [5, 5.41) is 0. The van der Waals surface area contributed by atoms with Crippen molar-refractivity contribution >= 4 is 33.3 Å². The van der Waals surface area contributed by atoms with Crippen LogP contribution in [0.15, 0.2) is 16.7 Å². The molecule has 1 amide bonds. The summed E-state index contributed by atoms with van der Waals surface area (Å²) in [5.74, 6) is 0.330. The second-order valence-electron chi connectivity index (χ2n) is 5.97. The lowest BCUT2D eigenvalue weighted by atomic mass is 9.77. The number of aromatic nitrogens is 1. The van der Waals surface area contributed by atoms with Gasteiger partial charge in [0.05, 0.1) is 22.8 Å². The van der Waals surface area contributed by atoms with Gasteiger partial charge < -0.3 is 9.64 Å². The fraction of sp³-hybridized carbons (Fsp3) is 0.533. The summed E-state index contributed by atoms with van der Waals surface area (Å²) < 4.78 is 6.18. The van der Waals surface area contributed by atoms with Crippen molar-refractivity contribution in [1.29, 1.82) is 0 Å². The van der Waals surface area contributed by atoms with E-state index in [4.69, 9.17) is 4.74 Å². The highest BCUT2D eigenvalue weighted by Crippen LogP contribution is 2.49. The first kappa shape index (κ1) is 13.4. The van der Waals surface area contributed by atoms with E-state index in [0.717, 1.165) is 16.0 Å². The summed E-state index contributed by atoms with van der Waals surface area (Å²) >= 11 is 3.41. The molecular formula is C15H15BrN2O3. The number of ketones is 1. The van der Waals surface area contributed by atoms with Gasteiger partial charge in [0, 0.05) is 26.1 Å². The van der Waals surface area contributed by atoms with E-state index >= 15 is 0 Å². The summed E-state index contributed by atoms with van der Waals surface area (Å²) in [7, 11) is 0. The summed E-state index contributed by atoms with van der Waals surface area (Å²) in [6.07, 6.45) is 2.26. The SMILES string of the molecule is O=C1CC(N2C(=O)C3(CCOCC3)c3nc(Br)ccc32)C1. The van der Waals surface area contributed by atoms with Crippen molar-refractivity contribution in [3.8, 4) is 0 Å². The number of ether oxygens (including phenoxy) is 1. The van der Waals surface area contributed by atoms with Gasteiger partial charge in [-0.3, -0.25) is 9.59 Å². The minimum absolute atomic E-state index is 0.00828. The summed E-state index contributed by atoms with van der Waals surface area (Å²) in [6.45, 7) is 1.16. The van der Waals surface area contributed by atoms with Crippen molar-refractivity contribution in [2.75, 3.05) is 18.1 Å². The van der Waals surface area contributed by atoms with Crippen molar-refractivity contribution in [3.05, 3.63) is 22.4 Å². The Morgan fingerprint density at radius 1 is 1.24 bits per heavy atom. The Labute approximate surface area is 130 Å². The highest BCUT2D eigenvalue weighted by Gasteiger charge is 2.55. The third-order valence-electron chi connectivity index (χ3n) is 4.82. The fourth-order valence-electron chi connectivity index (χ4n) is 3.60. The van der Waals surface area contributed by atoms with Gasteiger partial charge in [0.15, 0.2) is 0 Å². The Morgan fingerprint density at radius 2 is 1.95 bits per heavy atom. The second-order valence-corrected chi connectivity index (χ2v) is 6.78. The molecule has 1 aliphatic carbocycles. The first-order valence-corrected chi connectivity index (χ1v) is 8.01. The molecule has 4 rings (SSSR count). The van der Waals surface area contributed by atoms with Gasteiger partial charge in [-0.15, -0.1) is 0 Å². The van der Waals surface area contributed by atoms with E-state index in [1.54, 1.807) is 0 Å². The third-order valence-corrected chi connectivity index (χ3v) is 5.26. The van der Waals surface area contributed by atoms with Gasteiger partial charge in [-0.25, -0.2) is 4.98 Å². The maximum atomic E-state index is 13.1. The van der Waals surface area contributed by atoms with Crippen LogP contribution in [0.2, 0.25) is 0 Å². The topological polar surface area (TPSA) is 59.5 Å². The Bertz CT molecular complexity index is 632. The van der Waals surface area contributed by atoms with E-state index in [2.05, 4.69) is 20.9 Å². The number of amides is 1. The van der Waals surface area contributed by atoms with Gasteiger partial charge in [-0.2, -0.15) is 0 Å². The first-order valence-electron chi connectivity index (χ1n) is 7.22. The Morgan fingerprint density at radius 3 is 2.62 bits per heavy atom. The number of carbonyl (C=O) groups excluding carboxylic acids is 2. The van der Waals surface area contributed by atoms with Crippen LogP contribution in [0, 0.1) is 0 Å². The molecule has 0 radical (unpaired) electrons. The molecule has 110 valence electrons. The molecule has 2 fully saturated rings. The lowest BCUT2D eigenvalue weighted by molar-refractivity contribution is -0.129. The standard InChI is InChI=1S/C15H15BrN2O3/c16-12-2-1-11-13(17-12)15(3-5-21-6-4-15)14(20)18(11)9-7-10(19)8-9/h1-2,9H,3-8H2. The average Bonchev–Trinajstić information content (AvgIpc) is 2.67. The van der Waals surface area contributed by atoms with Crippen molar-refractivity contribution in [3.63, 3.8) is 0 Å². The molecule has 0 bridgehead atoms. The van der Waals surface area contributed by atoms with Gasteiger partial charge in [0.1, 0.15) is 10.4 Å². The van der Waals surface area contributed by atoms with Crippen molar-refractivity contribution in [2.24, 2.45) is 0 Å². The molecule has 1 aromatic rings. The van der Waals surface area contributed by atoms with E-state index in [-0.39, 0.29) is 17.7 Å². The minimum Gasteiger partial charge on any atom is -0.381 e. The maximum Gasteiger partial charge on any atom is 0.239 e. The lowest BCUT2D eigenvalue weighted by Gasteiger charge is -2.36. The summed E-state index contributed by atoms with van der Waals surface area (Å²) in [6, 6.07) is 3.81. The molecule has 0 aromatic carbocycles. The van der Waals surface area contributed by atoms with Crippen LogP contribution < -0.4 is 4.90 Å². The Kier molecular flexibility index (Phi) is 2.94. The fourth-order valence-corrected chi connectivity index (χ4v) is 3.91. The number of pyridine rings is 1. The highest BCUT2D eigenvalue weighted by atomic mass is 79.9. The largest absolute Gasteiger partial charge is 0.381 e. The molecule has 1 aromatic heterocycles. The van der Waals surface area contributed by atoms with E-state index in [0.29, 0.717) is 38.9 Å². The number of hydrogen-bond donors (Lipinski definition) is 0. The molecule has 0 unspecified atom stereocenters. The average molecular weight is 351 g/mol. The predicted molar refractivity (Wildman–Crippen MR) is 79.2 cm³/mol. The Hall–Kier alpha value is -1.27. The molecule has 21 heavy (non-hydrogen) atoms. The van der Waals surface area contributed by atoms with Crippen LogP contribution >= 0.6 is 15.9 Å². The van der Waals surface area contributed by atoms with Crippen LogP contribution in [0.5, 0.6) is 0 Å². The molecule has 6 heteroatoms. The normalized spacial score (nSPS) is 24.3. The molecule has 0 N–H and O–H groups in total. The highest BCUT2D eigenvalue weighted by molar-refractivity contribution is 9.10. The van der Waals surface area contributed by atoms with Crippen LogP contribution in [-0.4, -0.2) is 35.9 Å². The van der Waals surface area contributed by atoms with E-state index in [1.165, 1.54) is 0 Å². The zero-order chi connectivity index (χ0) is 14.6. The van der Waals surface area contributed by atoms with Crippen molar-refractivity contribution < 1.29 is 14.3 Å². The maximum absolute atomic E-state index is 13.1. The number of anilines is 1. The van der Waals surface area contributed by atoms with Gasteiger partial charge in [-0.1, -0.05) is 0 Å². The predicted octanol–water partition coefficient (Wildman–Crippen LogP) is 1.97. The number of Topliss-reactive ketones (excluding diaryl/α,β-unsaturated/α-hetero) is 1. The van der Waals surface area contributed by atoms with Gasteiger partial charge in [-0.05, 0) is 40.9 Å². The van der Waals surface area contributed by atoms with Crippen LogP contribution in [-0.2, 0) is 19.7 Å². The molecule has 0 atom stereocenters. The van der Waals surface area contributed by atoms with Gasteiger partial charge in [0.2, 0.25) is 5.91 Å². The molecule has 3 aliphatic rings. The molecule has 2 aliphatic heterocycles.